The number of aliphatic hydroxyl groups is 1. The normalized spacial score (nSPS) is 10.3. The van der Waals surface area contributed by atoms with E-state index in [0.29, 0.717) is 19.8 Å². The fourth-order valence-electron chi connectivity index (χ4n) is 0.905. The summed E-state index contributed by atoms with van der Waals surface area (Å²) in [5.41, 5.74) is 1.67. The van der Waals surface area contributed by atoms with Gasteiger partial charge >= 0.3 is 8.80 Å². The molecular formula is C11H26O4SiTi. The zero-order chi connectivity index (χ0) is 13.0. The molecule has 0 aromatic rings. The minimum Gasteiger partial charge on any atom is -0.394 e. The molecule has 0 unspecified atom stereocenters. The summed E-state index contributed by atoms with van der Waals surface area (Å²) in [6.07, 6.45) is -0.167. The summed E-state index contributed by atoms with van der Waals surface area (Å²) in [6.45, 7) is 14.7. The van der Waals surface area contributed by atoms with Crippen molar-refractivity contribution >= 4 is 8.80 Å². The summed E-state index contributed by atoms with van der Waals surface area (Å²) in [6, 6.07) is 0. The van der Waals surface area contributed by atoms with Crippen LogP contribution in [-0.4, -0.2) is 39.8 Å². The van der Waals surface area contributed by atoms with Gasteiger partial charge < -0.3 is 18.4 Å². The maximum absolute atomic E-state index is 8.06. The molecule has 0 aliphatic carbocycles. The maximum Gasteiger partial charge on any atom is 0.528 e. The van der Waals surface area contributed by atoms with E-state index in [0.717, 1.165) is 0 Å². The van der Waals surface area contributed by atoms with E-state index in [-0.39, 0.29) is 27.8 Å². The van der Waals surface area contributed by atoms with Crippen LogP contribution in [0.3, 0.4) is 0 Å². The van der Waals surface area contributed by atoms with Gasteiger partial charge in [-0.1, -0.05) is 6.58 Å². The Morgan fingerprint density at radius 2 is 1.29 bits per heavy atom. The van der Waals surface area contributed by atoms with Gasteiger partial charge in [0, 0.05) is 47.6 Å². The van der Waals surface area contributed by atoms with E-state index in [1.807, 2.05) is 20.8 Å². The second kappa shape index (κ2) is 14.6. The van der Waals surface area contributed by atoms with E-state index in [4.69, 9.17) is 18.4 Å². The summed E-state index contributed by atoms with van der Waals surface area (Å²) in [5, 5.41) is 8.06. The van der Waals surface area contributed by atoms with E-state index < -0.39 is 8.80 Å². The van der Waals surface area contributed by atoms with Crippen molar-refractivity contribution in [2.75, 3.05) is 19.8 Å². The Bertz CT molecular complexity index is 148. The van der Waals surface area contributed by atoms with Gasteiger partial charge in [0.05, 0.1) is 0 Å². The summed E-state index contributed by atoms with van der Waals surface area (Å²) >= 11 is 0. The Balaban J connectivity index is -0.000000340. The predicted octanol–water partition coefficient (Wildman–Crippen LogP) is 2.14. The molecule has 0 saturated heterocycles. The van der Waals surface area contributed by atoms with Gasteiger partial charge in [-0.05, 0) is 40.3 Å². The maximum atomic E-state index is 8.06. The van der Waals surface area contributed by atoms with Gasteiger partial charge in [0.15, 0.2) is 0 Å². The van der Waals surface area contributed by atoms with Crippen LogP contribution in [0.1, 0.15) is 34.6 Å². The van der Waals surface area contributed by atoms with E-state index in [9.17, 15) is 0 Å². The monoisotopic (exact) mass is 298 g/mol. The molecule has 0 rings (SSSR count). The largest absolute Gasteiger partial charge is 0.528 e. The molecule has 0 bridgehead atoms. The van der Waals surface area contributed by atoms with Crippen LogP contribution in [0.5, 0.6) is 0 Å². The third kappa shape index (κ3) is 14.5. The van der Waals surface area contributed by atoms with Gasteiger partial charge in [-0.25, -0.2) is 0 Å². The molecule has 0 aromatic carbocycles. The predicted molar refractivity (Wildman–Crippen MR) is 68.2 cm³/mol. The second-order valence-electron chi connectivity index (χ2n) is 3.20. The first-order chi connectivity index (χ1) is 7.47. The minimum absolute atomic E-state index is 0. The van der Waals surface area contributed by atoms with Crippen LogP contribution >= 0.6 is 0 Å². The summed E-state index contributed by atoms with van der Waals surface area (Å²) in [7, 11) is -2.51. The Labute approximate surface area is 122 Å². The quantitative estimate of drug-likeness (QED) is 0.732. The molecule has 0 aliphatic rings. The van der Waals surface area contributed by atoms with E-state index in [1.54, 1.807) is 19.5 Å². The minimum atomic E-state index is -2.51. The molecule has 4 nitrogen and oxygen atoms in total. The van der Waals surface area contributed by atoms with Crippen molar-refractivity contribution in [1.29, 1.82) is 0 Å². The van der Waals surface area contributed by atoms with Crippen LogP contribution in [-0.2, 0) is 35.0 Å². The summed E-state index contributed by atoms with van der Waals surface area (Å²) < 4.78 is 16.3. The second-order valence-corrected chi connectivity index (χ2v) is 5.68. The average molecular weight is 298 g/mol. The van der Waals surface area contributed by atoms with Gasteiger partial charge in [0.25, 0.3) is 0 Å². The van der Waals surface area contributed by atoms with Crippen LogP contribution in [0, 0.1) is 0 Å². The first kappa shape index (κ1) is 22.7. The molecule has 0 amide bonds. The van der Waals surface area contributed by atoms with Crippen molar-refractivity contribution in [3.05, 3.63) is 12.3 Å². The molecule has 0 heterocycles. The Hall–Kier alpha value is 0.511. The Morgan fingerprint density at radius 3 is 1.41 bits per heavy atom. The van der Waals surface area contributed by atoms with Crippen molar-refractivity contribution in [3.63, 3.8) is 0 Å². The summed E-state index contributed by atoms with van der Waals surface area (Å²) in [4.78, 5) is 0. The van der Waals surface area contributed by atoms with E-state index in [2.05, 4.69) is 6.58 Å². The SMILES string of the molecule is C=C[Si](OCC)(OCC)OCC.CC(C)O.[Ti]. The zero-order valence-corrected chi connectivity index (χ0v) is 14.2. The third-order valence-electron chi connectivity index (χ3n) is 1.29. The molecule has 6 heteroatoms. The molecule has 0 aromatic heterocycles. The van der Waals surface area contributed by atoms with Crippen LogP contribution in [0.15, 0.2) is 12.3 Å². The van der Waals surface area contributed by atoms with Crippen LogP contribution in [0.4, 0.5) is 0 Å². The molecule has 17 heavy (non-hydrogen) atoms. The molecule has 0 radical (unpaired) electrons. The van der Waals surface area contributed by atoms with Crippen LogP contribution < -0.4 is 0 Å². The van der Waals surface area contributed by atoms with Crippen molar-refractivity contribution in [2.24, 2.45) is 0 Å². The first-order valence-corrected chi connectivity index (χ1v) is 7.51. The van der Waals surface area contributed by atoms with Crippen LogP contribution in [0.2, 0.25) is 0 Å². The molecule has 0 spiro atoms. The van der Waals surface area contributed by atoms with Crippen molar-refractivity contribution in [2.45, 2.75) is 40.7 Å². The van der Waals surface area contributed by atoms with Crippen LogP contribution in [0.25, 0.3) is 0 Å². The van der Waals surface area contributed by atoms with Crippen molar-refractivity contribution in [1.82, 2.24) is 0 Å². The number of rotatable bonds is 7. The van der Waals surface area contributed by atoms with Gasteiger partial charge in [0.1, 0.15) is 0 Å². The number of hydrogen-bond acceptors (Lipinski definition) is 4. The molecule has 0 saturated carbocycles. The molecule has 102 valence electrons. The number of aliphatic hydroxyl groups excluding tert-OH is 1. The molecule has 0 fully saturated rings. The van der Waals surface area contributed by atoms with E-state index >= 15 is 0 Å². The molecular weight excluding hydrogens is 272 g/mol. The number of hydrogen-bond donors (Lipinski definition) is 1. The Kier molecular flexibility index (Phi) is 19.4. The fraction of sp³-hybridized carbons (Fsp3) is 0.818. The molecule has 1 N–H and O–H groups in total. The Morgan fingerprint density at radius 1 is 1.06 bits per heavy atom. The van der Waals surface area contributed by atoms with Crippen molar-refractivity contribution in [3.8, 4) is 0 Å². The standard InChI is InChI=1S/C8H18O3Si.C3H8O.Ti/c1-5-9-12(8-4,10-6-2)11-7-3;1-3(2)4;/h8H,4-7H2,1-3H3;3-4H,1-2H3;. The van der Waals surface area contributed by atoms with Gasteiger partial charge in [-0.15, -0.1) is 0 Å². The van der Waals surface area contributed by atoms with Gasteiger partial charge in [-0.3, -0.25) is 0 Å². The smallest absolute Gasteiger partial charge is 0.394 e. The first-order valence-electron chi connectivity index (χ1n) is 5.71. The van der Waals surface area contributed by atoms with E-state index in [1.165, 1.54) is 0 Å². The van der Waals surface area contributed by atoms with Crippen molar-refractivity contribution < 1.29 is 40.1 Å². The molecule has 0 atom stereocenters. The average Bonchev–Trinajstić information content (AvgIpc) is 2.18. The van der Waals surface area contributed by atoms with Gasteiger partial charge in [-0.2, -0.15) is 0 Å². The zero-order valence-electron chi connectivity index (χ0n) is 11.7. The topological polar surface area (TPSA) is 47.9 Å². The fourth-order valence-corrected chi connectivity index (χ4v) is 2.72. The summed E-state index contributed by atoms with van der Waals surface area (Å²) in [5.74, 6) is 0. The molecule has 0 aliphatic heterocycles. The van der Waals surface area contributed by atoms with Gasteiger partial charge in [0.2, 0.25) is 0 Å². The third-order valence-corrected chi connectivity index (χ3v) is 3.86.